The average molecular weight is 498 g/mol. The second kappa shape index (κ2) is 9.95. The van der Waals surface area contributed by atoms with Crippen LogP contribution in [-0.4, -0.2) is 68.1 Å². The fourth-order valence-corrected chi connectivity index (χ4v) is 5.02. The Hall–Kier alpha value is -3.60. The van der Waals surface area contributed by atoms with Gasteiger partial charge in [0.05, 0.1) is 18.4 Å². The van der Waals surface area contributed by atoms with Crippen molar-refractivity contribution in [1.82, 2.24) is 25.0 Å². The summed E-state index contributed by atoms with van der Waals surface area (Å²) in [6, 6.07) is 6.30. The van der Waals surface area contributed by atoms with E-state index in [-0.39, 0.29) is 5.78 Å². The first-order chi connectivity index (χ1) is 16.6. The van der Waals surface area contributed by atoms with Crippen molar-refractivity contribution in [1.29, 1.82) is 0 Å². The van der Waals surface area contributed by atoms with Crippen LogP contribution in [0.4, 0.5) is 4.79 Å². The predicted molar refractivity (Wildman–Crippen MR) is 129 cm³/mol. The third-order valence-corrected chi connectivity index (χ3v) is 6.50. The molecule has 0 bridgehead atoms. The van der Waals surface area contributed by atoms with Crippen molar-refractivity contribution >= 4 is 29.6 Å². The van der Waals surface area contributed by atoms with Crippen molar-refractivity contribution in [2.45, 2.75) is 45.0 Å². The molecule has 0 radical (unpaired) electrons. The van der Waals surface area contributed by atoms with Gasteiger partial charge in [-0.25, -0.2) is 19.3 Å². The molecule has 0 aliphatic carbocycles. The Kier molecular flexibility index (Phi) is 6.97. The SMILES string of the molecule is COC(=O)C1=CN(Cc2ccc(-n3cncn3)cc2)C2C(=O)[C@@H](NC(=O)OC(C)(C)C)CSC2=C1. The Morgan fingerprint density at radius 3 is 2.60 bits per heavy atom. The number of esters is 1. The summed E-state index contributed by atoms with van der Waals surface area (Å²) in [4.78, 5) is 44.6. The molecule has 4 rings (SSSR count). The first-order valence-electron chi connectivity index (χ1n) is 11.0. The number of Topliss-reactive ketones (excluding diaryl/α,β-unsaturated/α-hetero) is 1. The molecule has 1 unspecified atom stereocenters. The highest BCUT2D eigenvalue weighted by atomic mass is 32.2. The van der Waals surface area contributed by atoms with E-state index in [1.165, 1.54) is 25.2 Å². The summed E-state index contributed by atoms with van der Waals surface area (Å²) in [6.07, 6.45) is 5.76. The van der Waals surface area contributed by atoms with Gasteiger partial charge in [-0.05, 0) is 44.5 Å². The predicted octanol–water partition coefficient (Wildman–Crippen LogP) is 2.60. The number of ketones is 1. The van der Waals surface area contributed by atoms with Gasteiger partial charge in [0.2, 0.25) is 0 Å². The molecule has 3 heterocycles. The van der Waals surface area contributed by atoms with Crippen LogP contribution in [0.25, 0.3) is 5.69 Å². The van der Waals surface area contributed by atoms with E-state index in [2.05, 4.69) is 15.4 Å². The lowest BCUT2D eigenvalue weighted by molar-refractivity contribution is -0.136. The lowest BCUT2D eigenvalue weighted by Gasteiger charge is -2.39. The molecule has 35 heavy (non-hydrogen) atoms. The number of hydrogen-bond acceptors (Lipinski definition) is 9. The van der Waals surface area contributed by atoms with Crippen LogP contribution >= 0.6 is 11.8 Å². The zero-order chi connectivity index (χ0) is 25.2. The molecule has 1 aromatic heterocycles. The molecular weight excluding hydrogens is 470 g/mol. The van der Waals surface area contributed by atoms with Gasteiger partial charge in [0.1, 0.15) is 30.3 Å². The van der Waals surface area contributed by atoms with Crippen molar-refractivity contribution in [3.8, 4) is 5.69 Å². The number of carbonyl (C=O) groups is 3. The number of carbonyl (C=O) groups excluding carboxylic acids is 3. The van der Waals surface area contributed by atoms with Crippen molar-refractivity contribution in [3.05, 3.63) is 65.2 Å². The van der Waals surface area contributed by atoms with Crippen molar-refractivity contribution in [3.63, 3.8) is 0 Å². The Morgan fingerprint density at radius 2 is 1.97 bits per heavy atom. The summed E-state index contributed by atoms with van der Waals surface area (Å²) in [6.45, 7) is 5.66. The summed E-state index contributed by atoms with van der Waals surface area (Å²) in [5, 5.41) is 6.82. The molecule has 11 heteroatoms. The normalized spacial score (nSPS) is 19.9. The van der Waals surface area contributed by atoms with E-state index >= 15 is 0 Å². The van der Waals surface area contributed by atoms with Gasteiger partial charge in [-0.15, -0.1) is 11.8 Å². The molecular formula is C24H27N5O5S. The van der Waals surface area contributed by atoms with Crippen molar-refractivity contribution < 1.29 is 23.9 Å². The summed E-state index contributed by atoms with van der Waals surface area (Å²) >= 11 is 1.43. The number of aromatic nitrogens is 3. The van der Waals surface area contributed by atoms with Gasteiger partial charge in [-0.3, -0.25) is 4.79 Å². The fraction of sp³-hybridized carbons (Fsp3) is 0.375. The summed E-state index contributed by atoms with van der Waals surface area (Å²) in [5.74, 6) is -0.306. The molecule has 1 aromatic carbocycles. The molecule has 1 amide bonds. The topological polar surface area (TPSA) is 116 Å². The minimum Gasteiger partial charge on any atom is -0.465 e. The maximum absolute atomic E-state index is 13.5. The first kappa shape index (κ1) is 24.5. The Balaban J connectivity index is 1.56. The molecule has 1 N–H and O–H groups in total. The van der Waals surface area contributed by atoms with Crippen LogP contribution in [0.15, 0.2) is 59.7 Å². The van der Waals surface area contributed by atoms with Gasteiger partial charge < -0.3 is 19.7 Å². The second-order valence-electron chi connectivity index (χ2n) is 9.12. The van der Waals surface area contributed by atoms with Crippen LogP contribution in [0.5, 0.6) is 0 Å². The van der Waals surface area contributed by atoms with Gasteiger partial charge in [0, 0.05) is 23.4 Å². The van der Waals surface area contributed by atoms with E-state index in [0.717, 1.165) is 16.2 Å². The molecule has 1 saturated heterocycles. The van der Waals surface area contributed by atoms with E-state index < -0.39 is 29.7 Å². The van der Waals surface area contributed by atoms with Gasteiger partial charge in [0.25, 0.3) is 0 Å². The number of benzene rings is 1. The highest BCUT2D eigenvalue weighted by Crippen LogP contribution is 2.36. The zero-order valence-corrected chi connectivity index (χ0v) is 20.7. The zero-order valence-electron chi connectivity index (χ0n) is 19.9. The molecule has 0 spiro atoms. The number of amides is 1. The van der Waals surface area contributed by atoms with Crippen LogP contribution in [0, 0.1) is 0 Å². The molecule has 1 fully saturated rings. The summed E-state index contributed by atoms with van der Waals surface area (Å²) in [5.41, 5.74) is 1.46. The highest BCUT2D eigenvalue weighted by Gasteiger charge is 2.41. The smallest absolute Gasteiger partial charge is 0.408 e. The van der Waals surface area contributed by atoms with Crippen LogP contribution in [0.3, 0.4) is 0 Å². The maximum atomic E-state index is 13.5. The van der Waals surface area contributed by atoms with Crippen molar-refractivity contribution in [2.24, 2.45) is 0 Å². The Labute approximate surface area is 207 Å². The maximum Gasteiger partial charge on any atom is 0.408 e. The van der Waals surface area contributed by atoms with Gasteiger partial charge in [-0.1, -0.05) is 12.1 Å². The van der Waals surface area contributed by atoms with E-state index in [1.54, 1.807) is 44.1 Å². The first-order valence-corrected chi connectivity index (χ1v) is 12.0. The third kappa shape index (κ3) is 5.73. The fourth-order valence-electron chi connectivity index (χ4n) is 3.80. The van der Waals surface area contributed by atoms with Gasteiger partial charge >= 0.3 is 12.1 Å². The Morgan fingerprint density at radius 1 is 1.23 bits per heavy atom. The van der Waals surface area contributed by atoms with Crippen LogP contribution < -0.4 is 5.32 Å². The standard InChI is InChI=1S/C24H27N5O5S/c1-24(2,3)34-23(32)27-18-12-35-19-9-16(22(31)33-4)11-28(20(19)21(18)30)10-15-5-7-17(8-6-15)29-14-25-13-26-29/h5-9,11,13-14,18,20H,10,12H2,1-4H3,(H,27,32)/t18-,20?/m0/s1. The van der Waals surface area contributed by atoms with Crippen LogP contribution in [0.2, 0.25) is 0 Å². The molecule has 2 atom stereocenters. The third-order valence-electron chi connectivity index (χ3n) is 5.33. The molecule has 10 nitrogen and oxygen atoms in total. The van der Waals surface area contributed by atoms with E-state index in [1.807, 2.05) is 29.2 Å². The summed E-state index contributed by atoms with van der Waals surface area (Å²) < 4.78 is 11.9. The number of ether oxygens (including phenoxy) is 2. The van der Waals surface area contributed by atoms with Crippen LogP contribution in [0.1, 0.15) is 26.3 Å². The minimum atomic E-state index is -0.720. The van der Waals surface area contributed by atoms with Gasteiger partial charge in [-0.2, -0.15) is 5.10 Å². The highest BCUT2D eigenvalue weighted by molar-refractivity contribution is 8.03. The van der Waals surface area contributed by atoms with Crippen molar-refractivity contribution in [2.75, 3.05) is 12.9 Å². The monoisotopic (exact) mass is 497 g/mol. The molecule has 2 aromatic rings. The Bertz CT molecular complexity index is 1170. The average Bonchev–Trinajstić information content (AvgIpc) is 3.34. The quantitative estimate of drug-likeness (QED) is 0.622. The number of nitrogens with zero attached hydrogens (tertiary/aromatic N) is 4. The van der Waals surface area contributed by atoms with Crippen LogP contribution in [-0.2, 0) is 25.6 Å². The molecule has 184 valence electrons. The second-order valence-corrected chi connectivity index (χ2v) is 10.2. The largest absolute Gasteiger partial charge is 0.465 e. The number of nitrogens with one attached hydrogen (secondary N) is 1. The lowest BCUT2D eigenvalue weighted by atomic mass is 9.98. The number of alkyl carbamates (subject to hydrolysis) is 1. The minimum absolute atomic E-state index is 0.166. The van der Waals surface area contributed by atoms with Gasteiger partial charge in [0.15, 0.2) is 5.78 Å². The number of thioether (sulfide) groups is 1. The number of rotatable bonds is 5. The number of methoxy groups -OCH3 is 1. The summed E-state index contributed by atoms with van der Waals surface area (Å²) in [7, 11) is 1.32. The van der Waals surface area contributed by atoms with E-state index in [9.17, 15) is 14.4 Å². The lowest BCUT2D eigenvalue weighted by Crippen LogP contribution is -2.55. The number of fused-ring (bicyclic) bond motifs is 1. The number of hydrogen-bond donors (Lipinski definition) is 1. The molecule has 2 aliphatic heterocycles. The molecule has 0 saturated carbocycles. The molecule has 2 aliphatic rings. The van der Waals surface area contributed by atoms with E-state index in [4.69, 9.17) is 9.47 Å². The van der Waals surface area contributed by atoms with E-state index in [0.29, 0.717) is 17.9 Å².